The van der Waals surface area contributed by atoms with E-state index in [4.69, 9.17) is 10.5 Å². The second-order valence-electron chi connectivity index (χ2n) is 6.53. The van der Waals surface area contributed by atoms with Crippen molar-refractivity contribution in [3.63, 3.8) is 0 Å². The van der Waals surface area contributed by atoms with Crippen LogP contribution in [-0.2, 0) is 9.53 Å². The Morgan fingerprint density at radius 1 is 1.28 bits per heavy atom. The number of primary amides is 1. The molecule has 0 aliphatic heterocycles. The summed E-state index contributed by atoms with van der Waals surface area (Å²) in [6, 6.07) is 5.90. The molecule has 9 heteroatoms. The number of hydrogen-bond acceptors (Lipinski definition) is 6. The van der Waals surface area contributed by atoms with E-state index in [9.17, 15) is 14.4 Å². The number of nitrogens with two attached hydrogens (primary N) is 1. The molecule has 134 valence electrons. The molecule has 1 aromatic heterocycles. The van der Waals surface area contributed by atoms with Gasteiger partial charge in [0.15, 0.2) is 0 Å². The molecule has 2 aromatic rings. The molecule has 0 saturated heterocycles. The summed E-state index contributed by atoms with van der Waals surface area (Å²) in [7, 11) is 0. The van der Waals surface area contributed by atoms with Crippen molar-refractivity contribution in [3.05, 3.63) is 24.3 Å². The monoisotopic (exact) mass is 347 g/mol. The minimum atomic E-state index is -1.02. The topological polar surface area (TPSA) is 129 Å². The van der Waals surface area contributed by atoms with Gasteiger partial charge >= 0.3 is 6.09 Å². The molecule has 1 atom stereocenters. The zero-order chi connectivity index (χ0) is 18.6. The third-order valence-electron chi connectivity index (χ3n) is 3.23. The average molecular weight is 347 g/mol. The van der Waals surface area contributed by atoms with Crippen LogP contribution in [0.2, 0.25) is 0 Å². The van der Waals surface area contributed by atoms with E-state index in [1.54, 1.807) is 45.0 Å². The highest BCUT2D eigenvalue weighted by molar-refractivity contribution is 5.93. The van der Waals surface area contributed by atoms with Crippen LogP contribution in [-0.4, -0.2) is 44.5 Å². The van der Waals surface area contributed by atoms with Crippen molar-refractivity contribution < 1.29 is 19.1 Å². The zero-order valence-electron chi connectivity index (χ0n) is 14.4. The van der Waals surface area contributed by atoms with E-state index in [0.717, 1.165) is 4.68 Å². The van der Waals surface area contributed by atoms with Crippen LogP contribution in [0.1, 0.15) is 38.4 Å². The van der Waals surface area contributed by atoms with E-state index in [1.165, 1.54) is 0 Å². The molecule has 1 aromatic carbocycles. The maximum Gasteiger partial charge on any atom is 0.408 e. The number of para-hydroxylation sites is 1. The number of carbonyl (C=O) groups excluding carboxylic acids is 3. The predicted molar refractivity (Wildman–Crippen MR) is 89.7 cm³/mol. The van der Waals surface area contributed by atoms with Crippen molar-refractivity contribution >= 4 is 28.9 Å². The average Bonchev–Trinajstić information content (AvgIpc) is 2.92. The fraction of sp³-hybridized carbons (Fsp3) is 0.438. The summed E-state index contributed by atoms with van der Waals surface area (Å²) in [6.45, 7) is 5.12. The fourth-order valence-corrected chi connectivity index (χ4v) is 2.17. The predicted octanol–water partition coefficient (Wildman–Crippen LogP) is 1.23. The second-order valence-corrected chi connectivity index (χ2v) is 6.53. The van der Waals surface area contributed by atoms with E-state index < -0.39 is 29.6 Å². The lowest BCUT2D eigenvalue weighted by Crippen LogP contribution is -2.46. The number of hydrogen-bond donors (Lipinski definition) is 2. The number of aromatic nitrogens is 3. The van der Waals surface area contributed by atoms with Crippen molar-refractivity contribution in [3.8, 4) is 0 Å². The van der Waals surface area contributed by atoms with E-state index in [-0.39, 0.29) is 12.8 Å². The minimum Gasteiger partial charge on any atom is -0.444 e. The summed E-state index contributed by atoms with van der Waals surface area (Å²) in [4.78, 5) is 35.8. The fourth-order valence-electron chi connectivity index (χ4n) is 2.17. The molecule has 9 nitrogen and oxygen atoms in total. The van der Waals surface area contributed by atoms with Crippen LogP contribution < -0.4 is 11.1 Å². The number of alkyl carbamates (subject to hydrolysis) is 1. The molecule has 3 N–H and O–H groups in total. The third kappa shape index (κ3) is 5.00. The minimum absolute atomic E-state index is 0.0294. The molecule has 0 saturated carbocycles. The van der Waals surface area contributed by atoms with Gasteiger partial charge in [-0.05, 0) is 39.3 Å². The Balaban J connectivity index is 2.23. The first-order valence-corrected chi connectivity index (χ1v) is 7.80. The van der Waals surface area contributed by atoms with Crippen LogP contribution >= 0.6 is 0 Å². The first-order chi connectivity index (χ1) is 11.7. The summed E-state index contributed by atoms with van der Waals surface area (Å²) >= 11 is 0. The van der Waals surface area contributed by atoms with Crippen molar-refractivity contribution in [2.45, 2.75) is 45.3 Å². The Hall–Kier alpha value is -2.97. The summed E-state index contributed by atoms with van der Waals surface area (Å²) in [5.74, 6) is -1.10. The SMILES string of the molecule is CC(C)(C)OC(=O)N[C@@H](CCC(N)=O)C(=O)n1nnc2ccccc21. The van der Waals surface area contributed by atoms with E-state index >= 15 is 0 Å². The van der Waals surface area contributed by atoms with E-state index in [2.05, 4.69) is 15.6 Å². The molecule has 0 radical (unpaired) electrons. The first-order valence-electron chi connectivity index (χ1n) is 7.80. The van der Waals surface area contributed by atoms with E-state index in [0.29, 0.717) is 11.0 Å². The smallest absolute Gasteiger partial charge is 0.408 e. The molecule has 2 rings (SSSR count). The van der Waals surface area contributed by atoms with Crippen LogP contribution in [0.3, 0.4) is 0 Å². The number of ether oxygens (including phenoxy) is 1. The van der Waals surface area contributed by atoms with Gasteiger partial charge in [0.25, 0.3) is 5.91 Å². The highest BCUT2D eigenvalue weighted by Crippen LogP contribution is 2.13. The molecular weight excluding hydrogens is 326 g/mol. The maximum absolute atomic E-state index is 12.8. The molecular formula is C16H21N5O4. The molecule has 1 heterocycles. The van der Waals surface area contributed by atoms with Gasteiger partial charge in [0, 0.05) is 6.42 Å². The Morgan fingerprint density at radius 2 is 1.96 bits per heavy atom. The standard InChI is InChI=1S/C16H21N5O4/c1-16(2,3)25-15(24)18-11(8-9-13(17)22)14(23)21-12-7-5-4-6-10(12)19-20-21/h4-7,11H,8-9H2,1-3H3,(H2,17,22)(H,18,24)/t11-/m0/s1. The quantitative estimate of drug-likeness (QED) is 0.837. The molecule has 0 spiro atoms. The van der Waals surface area contributed by atoms with Gasteiger partial charge in [-0.2, -0.15) is 4.68 Å². The van der Waals surface area contributed by atoms with Crippen molar-refractivity contribution in [1.82, 2.24) is 20.3 Å². The number of rotatable bonds is 5. The van der Waals surface area contributed by atoms with Crippen molar-refractivity contribution in [2.75, 3.05) is 0 Å². The maximum atomic E-state index is 12.8. The number of fused-ring (bicyclic) bond motifs is 1. The third-order valence-corrected chi connectivity index (χ3v) is 3.23. The summed E-state index contributed by atoms with van der Waals surface area (Å²) in [5.41, 5.74) is 5.48. The molecule has 25 heavy (non-hydrogen) atoms. The van der Waals surface area contributed by atoms with Gasteiger partial charge in [-0.1, -0.05) is 17.3 Å². The largest absolute Gasteiger partial charge is 0.444 e. The highest BCUT2D eigenvalue weighted by Gasteiger charge is 2.27. The van der Waals surface area contributed by atoms with E-state index in [1.807, 2.05) is 0 Å². The number of nitrogens with one attached hydrogen (secondary N) is 1. The van der Waals surface area contributed by atoms with Crippen LogP contribution in [0.25, 0.3) is 11.0 Å². The number of nitrogens with zero attached hydrogens (tertiary/aromatic N) is 3. The second kappa shape index (κ2) is 7.29. The summed E-state index contributed by atoms with van der Waals surface area (Å²) in [6.07, 6.45) is -0.805. The first kappa shape index (κ1) is 18.4. The van der Waals surface area contributed by atoms with Crippen LogP contribution in [0.4, 0.5) is 4.79 Å². The van der Waals surface area contributed by atoms with Gasteiger partial charge in [-0.3, -0.25) is 9.59 Å². The number of carbonyl (C=O) groups is 3. The Morgan fingerprint density at radius 3 is 2.60 bits per heavy atom. The molecule has 2 amide bonds. The zero-order valence-corrected chi connectivity index (χ0v) is 14.4. The lowest BCUT2D eigenvalue weighted by molar-refractivity contribution is -0.118. The number of amides is 2. The Labute approximate surface area is 144 Å². The van der Waals surface area contributed by atoms with Gasteiger partial charge in [0.05, 0.1) is 5.52 Å². The molecule has 0 fully saturated rings. The number of benzene rings is 1. The van der Waals surface area contributed by atoms with Gasteiger partial charge in [-0.25, -0.2) is 4.79 Å². The lowest BCUT2D eigenvalue weighted by Gasteiger charge is -2.22. The molecule has 0 aliphatic carbocycles. The van der Waals surface area contributed by atoms with Gasteiger partial charge in [0.2, 0.25) is 5.91 Å². The molecule has 0 aliphatic rings. The van der Waals surface area contributed by atoms with Crippen LogP contribution in [0.15, 0.2) is 24.3 Å². The van der Waals surface area contributed by atoms with Gasteiger partial charge < -0.3 is 15.8 Å². The van der Waals surface area contributed by atoms with Crippen LogP contribution in [0, 0.1) is 0 Å². The molecule has 0 unspecified atom stereocenters. The Kier molecular flexibility index (Phi) is 5.35. The lowest BCUT2D eigenvalue weighted by atomic mass is 10.1. The van der Waals surface area contributed by atoms with Gasteiger partial charge in [0.1, 0.15) is 17.2 Å². The summed E-state index contributed by atoms with van der Waals surface area (Å²) < 4.78 is 6.26. The Bertz CT molecular complexity index is 793. The molecule has 0 bridgehead atoms. The highest BCUT2D eigenvalue weighted by atomic mass is 16.6. The summed E-state index contributed by atoms with van der Waals surface area (Å²) in [5, 5.41) is 10.2. The van der Waals surface area contributed by atoms with Gasteiger partial charge in [-0.15, -0.1) is 5.10 Å². The van der Waals surface area contributed by atoms with Crippen molar-refractivity contribution in [2.24, 2.45) is 5.73 Å². The van der Waals surface area contributed by atoms with Crippen LogP contribution in [0.5, 0.6) is 0 Å². The van der Waals surface area contributed by atoms with Crippen molar-refractivity contribution in [1.29, 1.82) is 0 Å². The normalized spacial score (nSPS) is 12.6.